The normalized spacial score (nSPS) is 12.0. The number of hydrogen-bond acceptors (Lipinski definition) is 4. The molecule has 1 atom stereocenters. The number of carbonyl (C=O) groups excluding carboxylic acids is 1. The highest BCUT2D eigenvalue weighted by atomic mass is 35.5. The Hall–Kier alpha value is -1.98. The molecule has 1 aromatic carbocycles. The number of benzene rings is 1. The molecule has 1 aromatic heterocycles. The quantitative estimate of drug-likeness (QED) is 0.648. The van der Waals surface area contributed by atoms with Gasteiger partial charge in [0.2, 0.25) is 0 Å². The summed E-state index contributed by atoms with van der Waals surface area (Å²) < 4.78 is 18.3. The summed E-state index contributed by atoms with van der Waals surface area (Å²) in [5, 5.41) is 10.1. The van der Waals surface area contributed by atoms with Crippen LogP contribution in [-0.4, -0.2) is 22.7 Å². The van der Waals surface area contributed by atoms with Gasteiger partial charge in [-0.25, -0.2) is 9.37 Å². The predicted octanol–water partition coefficient (Wildman–Crippen LogP) is 3.45. The monoisotopic (exact) mass is 337 g/mol. The first-order valence-electron chi connectivity index (χ1n) is 7.24. The third-order valence-electron chi connectivity index (χ3n) is 3.32. The van der Waals surface area contributed by atoms with Crippen LogP contribution in [0.5, 0.6) is 0 Å². The van der Waals surface area contributed by atoms with E-state index in [4.69, 9.17) is 16.3 Å². The molecule has 1 heterocycles. The molecule has 0 bridgehead atoms. The van der Waals surface area contributed by atoms with Crippen LogP contribution in [0.2, 0.25) is 5.15 Å². The largest absolute Gasteiger partial charge is 0.466 e. The maximum Gasteiger partial charge on any atom is 0.306 e. The Morgan fingerprint density at radius 2 is 2.17 bits per heavy atom. The summed E-state index contributed by atoms with van der Waals surface area (Å²) in [4.78, 5) is 15.1. The van der Waals surface area contributed by atoms with Gasteiger partial charge in [-0.05, 0) is 30.5 Å². The zero-order valence-electron chi connectivity index (χ0n) is 12.6. The summed E-state index contributed by atoms with van der Waals surface area (Å²) in [5.74, 6) is -0.941. The number of aromatic nitrogens is 1. The van der Waals surface area contributed by atoms with Gasteiger partial charge in [0.15, 0.2) is 11.0 Å². The van der Waals surface area contributed by atoms with Crippen molar-refractivity contribution in [2.75, 3.05) is 6.61 Å². The van der Waals surface area contributed by atoms with Gasteiger partial charge in [-0.3, -0.25) is 4.79 Å². The number of aryl methyl sites for hydroxylation is 1. The molecule has 0 saturated carbocycles. The molecule has 0 aliphatic heterocycles. The van der Waals surface area contributed by atoms with Crippen LogP contribution in [0.15, 0.2) is 36.5 Å². The van der Waals surface area contributed by atoms with Gasteiger partial charge in [0.25, 0.3) is 0 Å². The molecule has 4 nitrogen and oxygen atoms in total. The summed E-state index contributed by atoms with van der Waals surface area (Å²) in [7, 11) is 0. The Morgan fingerprint density at radius 1 is 1.39 bits per heavy atom. The minimum absolute atomic E-state index is 0.232. The van der Waals surface area contributed by atoms with E-state index in [1.807, 2.05) is 6.07 Å². The van der Waals surface area contributed by atoms with Crippen LogP contribution in [-0.2, 0) is 16.0 Å². The van der Waals surface area contributed by atoms with Gasteiger partial charge in [0, 0.05) is 18.2 Å². The van der Waals surface area contributed by atoms with Crippen molar-refractivity contribution in [1.82, 2.24) is 4.98 Å². The summed E-state index contributed by atoms with van der Waals surface area (Å²) in [6, 6.07) is 8.29. The van der Waals surface area contributed by atoms with Gasteiger partial charge in [0.05, 0.1) is 6.61 Å². The zero-order valence-corrected chi connectivity index (χ0v) is 13.4. The van der Waals surface area contributed by atoms with E-state index in [1.165, 1.54) is 6.20 Å². The minimum atomic E-state index is -1.02. The van der Waals surface area contributed by atoms with Crippen LogP contribution in [0.1, 0.15) is 36.1 Å². The number of aliphatic hydroxyl groups is 1. The van der Waals surface area contributed by atoms with Crippen LogP contribution in [0.4, 0.5) is 4.39 Å². The number of esters is 1. The molecule has 2 aromatic rings. The Kier molecular flexibility index (Phi) is 6.07. The molecule has 1 unspecified atom stereocenters. The van der Waals surface area contributed by atoms with Crippen molar-refractivity contribution in [2.24, 2.45) is 0 Å². The number of nitrogens with zero attached hydrogens (tertiary/aromatic N) is 1. The maximum absolute atomic E-state index is 13.5. The van der Waals surface area contributed by atoms with Gasteiger partial charge in [-0.2, -0.15) is 0 Å². The van der Waals surface area contributed by atoms with Crippen molar-refractivity contribution >= 4 is 17.6 Å². The molecule has 6 heteroatoms. The summed E-state index contributed by atoms with van der Waals surface area (Å²) in [6.07, 6.45) is 1.09. The molecule has 0 aliphatic carbocycles. The van der Waals surface area contributed by atoms with Gasteiger partial charge in [-0.15, -0.1) is 0 Å². The third kappa shape index (κ3) is 4.74. The molecular formula is C17H17ClFNO3. The first-order valence-corrected chi connectivity index (χ1v) is 7.62. The van der Waals surface area contributed by atoms with E-state index < -0.39 is 11.9 Å². The second-order valence-corrected chi connectivity index (χ2v) is 5.35. The van der Waals surface area contributed by atoms with E-state index in [9.17, 15) is 14.3 Å². The molecule has 0 spiro atoms. The SMILES string of the molecule is CCOC(=O)CCc1cccc(C(O)c2cnc(Cl)c(F)c2)c1. The van der Waals surface area contributed by atoms with E-state index in [0.717, 1.165) is 11.6 Å². The highest BCUT2D eigenvalue weighted by molar-refractivity contribution is 6.29. The first kappa shape index (κ1) is 17.4. The van der Waals surface area contributed by atoms with Crippen LogP contribution < -0.4 is 0 Å². The number of carbonyl (C=O) groups is 1. The van der Waals surface area contributed by atoms with E-state index in [2.05, 4.69) is 4.98 Å². The lowest BCUT2D eigenvalue weighted by atomic mass is 9.99. The molecule has 1 N–H and O–H groups in total. The fourth-order valence-electron chi connectivity index (χ4n) is 2.18. The average Bonchev–Trinajstić information content (AvgIpc) is 2.55. The maximum atomic E-state index is 13.5. The summed E-state index contributed by atoms with van der Waals surface area (Å²) >= 11 is 5.54. The van der Waals surface area contributed by atoms with Crippen molar-refractivity contribution in [3.63, 3.8) is 0 Å². The number of pyridine rings is 1. The fourth-order valence-corrected chi connectivity index (χ4v) is 2.28. The molecule has 0 aliphatic rings. The lowest BCUT2D eigenvalue weighted by Crippen LogP contribution is -2.06. The van der Waals surface area contributed by atoms with E-state index in [0.29, 0.717) is 24.2 Å². The summed E-state index contributed by atoms with van der Waals surface area (Å²) in [6.45, 7) is 2.11. The Bertz CT molecular complexity index is 693. The number of halogens is 2. The van der Waals surface area contributed by atoms with Gasteiger partial charge in [0.1, 0.15) is 6.10 Å². The van der Waals surface area contributed by atoms with Crippen molar-refractivity contribution in [3.05, 3.63) is 64.2 Å². The molecule has 2 rings (SSSR count). The van der Waals surface area contributed by atoms with Crippen LogP contribution in [0.3, 0.4) is 0 Å². The molecule has 0 saturated heterocycles. The highest BCUT2D eigenvalue weighted by Crippen LogP contribution is 2.24. The standard InChI is InChI=1S/C17H17ClFNO3/c1-2-23-15(21)7-6-11-4-3-5-12(8-11)16(22)13-9-14(19)17(18)20-10-13/h3-5,8-10,16,22H,2,6-7H2,1H3. The number of hydrogen-bond donors (Lipinski definition) is 1. The lowest BCUT2D eigenvalue weighted by Gasteiger charge is -2.13. The van der Waals surface area contributed by atoms with E-state index >= 15 is 0 Å². The number of aliphatic hydroxyl groups excluding tert-OH is 1. The van der Waals surface area contributed by atoms with Crippen LogP contribution in [0, 0.1) is 5.82 Å². The predicted molar refractivity (Wildman–Crippen MR) is 84.7 cm³/mol. The van der Waals surface area contributed by atoms with Crippen molar-refractivity contribution in [3.8, 4) is 0 Å². The molecule has 0 amide bonds. The van der Waals surface area contributed by atoms with E-state index in [1.54, 1.807) is 25.1 Å². The fraction of sp³-hybridized carbons (Fsp3) is 0.294. The van der Waals surface area contributed by atoms with Crippen molar-refractivity contribution in [2.45, 2.75) is 25.9 Å². The molecule has 0 radical (unpaired) electrons. The third-order valence-corrected chi connectivity index (χ3v) is 3.60. The zero-order chi connectivity index (χ0) is 16.8. The van der Waals surface area contributed by atoms with Crippen LogP contribution >= 0.6 is 11.6 Å². The van der Waals surface area contributed by atoms with Gasteiger partial charge >= 0.3 is 5.97 Å². The minimum Gasteiger partial charge on any atom is -0.466 e. The molecule has 122 valence electrons. The van der Waals surface area contributed by atoms with Crippen molar-refractivity contribution < 1.29 is 19.0 Å². The Morgan fingerprint density at radius 3 is 2.87 bits per heavy atom. The Balaban J connectivity index is 2.11. The smallest absolute Gasteiger partial charge is 0.306 e. The first-order chi connectivity index (χ1) is 11.0. The average molecular weight is 338 g/mol. The second-order valence-electron chi connectivity index (χ2n) is 4.99. The summed E-state index contributed by atoms with van der Waals surface area (Å²) in [5.41, 5.74) is 1.79. The number of ether oxygens (including phenoxy) is 1. The number of rotatable bonds is 6. The Labute approximate surface area is 138 Å². The van der Waals surface area contributed by atoms with Crippen molar-refractivity contribution in [1.29, 1.82) is 0 Å². The van der Waals surface area contributed by atoms with E-state index in [-0.39, 0.29) is 17.5 Å². The highest BCUT2D eigenvalue weighted by Gasteiger charge is 2.14. The molecule has 0 fully saturated rings. The lowest BCUT2D eigenvalue weighted by molar-refractivity contribution is -0.143. The molecule has 23 heavy (non-hydrogen) atoms. The van der Waals surface area contributed by atoms with Gasteiger partial charge < -0.3 is 9.84 Å². The molecular weight excluding hydrogens is 321 g/mol. The van der Waals surface area contributed by atoms with Gasteiger partial charge in [-0.1, -0.05) is 35.9 Å². The topological polar surface area (TPSA) is 59.4 Å². The second kappa shape index (κ2) is 8.04. The van der Waals surface area contributed by atoms with Crippen LogP contribution in [0.25, 0.3) is 0 Å².